The first kappa shape index (κ1) is 4.10. The van der Waals surface area contributed by atoms with Gasteiger partial charge in [-0.05, 0) is 0 Å². The van der Waals surface area contributed by atoms with Gasteiger partial charge in [0.1, 0.15) is 0 Å². The second kappa shape index (κ2) is 1.59. The predicted octanol–water partition coefficient (Wildman–Crippen LogP) is -1.14. The summed E-state index contributed by atoms with van der Waals surface area (Å²) < 4.78 is 5.18. The minimum absolute atomic E-state index is 0.825. The van der Waals surface area contributed by atoms with Crippen LogP contribution in [0.25, 0.3) is 0 Å². The van der Waals surface area contributed by atoms with Crippen LogP contribution < -0.4 is 3.74 Å². The average molecular weight is 197 g/mol. The summed E-state index contributed by atoms with van der Waals surface area (Å²) in [7, 11) is 0. The van der Waals surface area contributed by atoms with E-state index in [9.17, 15) is 0 Å². The molecule has 0 aromatic carbocycles. The van der Waals surface area contributed by atoms with E-state index in [4.69, 9.17) is 0 Å². The SMILES string of the molecule is [Te]c1conn1. The zero-order valence-electron chi connectivity index (χ0n) is 2.79. The molecule has 6 heavy (non-hydrogen) atoms. The van der Waals surface area contributed by atoms with Crippen molar-refractivity contribution in [3.05, 3.63) is 6.26 Å². The van der Waals surface area contributed by atoms with Crippen molar-refractivity contribution in [2.24, 2.45) is 0 Å². The second-order valence-electron chi connectivity index (χ2n) is 0.743. The topological polar surface area (TPSA) is 38.9 Å². The predicted molar refractivity (Wildman–Crippen MR) is 19.7 cm³/mol. The van der Waals surface area contributed by atoms with E-state index in [1.807, 2.05) is 0 Å². The van der Waals surface area contributed by atoms with Gasteiger partial charge in [-0.2, -0.15) is 0 Å². The van der Waals surface area contributed by atoms with Crippen LogP contribution >= 0.6 is 0 Å². The fourth-order valence-corrected chi connectivity index (χ4v) is 0.374. The first-order chi connectivity index (χ1) is 2.89. The maximum absolute atomic E-state index is 4.36. The molecule has 0 aliphatic carbocycles. The van der Waals surface area contributed by atoms with Crippen molar-refractivity contribution in [1.82, 2.24) is 10.4 Å². The number of rotatable bonds is 0. The molecule has 0 aliphatic heterocycles. The fraction of sp³-hybridized carbons (Fsp3) is 0. The van der Waals surface area contributed by atoms with Gasteiger partial charge in [-0.15, -0.1) is 0 Å². The van der Waals surface area contributed by atoms with Crippen LogP contribution in [0, 0.1) is 0 Å². The van der Waals surface area contributed by atoms with Gasteiger partial charge in [0.2, 0.25) is 0 Å². The van der Waals surface area contributed by atoms with Gasteiger partial charge in [0.15, 0.2) is 0 Å². The monoisotopic (exact) mass is 199 g/mol. The Bertz CT molecular complexity index is 115. The van der Waals surface area contributed by atoms with Crippen LogP contribution in [-0.4, -0.2) is 32.7 Å². The van der Waals surface area contributed by atoms with E-state index in [0.29, 0.717) is 0 Å². The average Bonchev–Trinajstić information content (AvgIpc) is 1.86. The van der Waals surface area contributed by atoms with Gasteiger partial charge < -0.3 is 0 Å². The first-order valence-electron chi connectivity index (χ1n) is 1.33. The molecular weight excluding hydrogens is 196 g/mol. The van der Waals surface area contributed by atoms with E-state index in [1.165, 1.54) is 6.26 Å². The van der Waals surface area contributed by atoms with Gasteiger partial charge in [-0.3, -0.25) is 0 Å². The summed E-state index contributed by atoms with van der Waals surface area (Å²) >= 11 is 1.75. The molecule has 31 valence electrons. The first-order valence-corrected chi connectivity index (χ1v) is 2.50. The third kappa shape index (κ3) is 0.702. The summed E-state index contributed by atoms with van der Waals surface area (Å²) in [6.07, 6.45) is 1.49. The molecule has 0 atom stereocenters. The molecular formula is C2HN2OTe. The Kier molecular flexibility index (Phi) is 1.08. The molecule has 0 fully saturated rings. The van der Waals surface area contributed by atoms with Crippen LogP contribution in [0.15, 0.2) is 10.8 Å². The Morgan fingerprint density at radius 1 is 1.83 bits per heavy atom. The van der Waals surface area contributed by atoms with Gasteiger partial charge in [-0.1, -0.05) is 0 Å². The normalized spacial score (nSPS) is 8.67. The van der Waals surface area contributed by atoms with Crippen LogP contribution in [-0.2, 0) is 0 Å². The Morgan fingerprint density at radius 2 is 2.67 bits per heavy atom. The number of hydrogen-bond acceptors (Lipinski definition) is 3. The van der Waals surface area contributed by atoms with Crippen LogP contribution in [0.5, 0.6) is 0 Å². The minimum atomic E-state index is 0.825. The molecule has 4 heteroatoms. The molecule has 1 rings (SSSR count). The zero-order chi connectivity index (χ0) is 4.41. The standard InChI is InChI=1S/C2HN2OTe/c6-2-1-5-4-3-2/h1H. The molecule has 0 amide bonds. The third-order valence-corrected chi connectivity index (χ3v) is 0.848. The van der Waals surface area contributed by atoms with Crippen molar-refractivity contribution in [2.75, 3.05) is 0 Å². The molecule has 0 saturated heterocycles. The van der Waals surface area contributed by atoms with Crippen LogP contribution in [0.2, 0.25) is 0 Å². The van der Waals surface area contributed by atoms with E-state index < -0.39 is 0 Å². The summed E-state index contributed by atoms with van der Waals surface area (Å²) in [6, 6.07) is 0. The van der Waals surface area contributed by atoms with Crippen molar-refractivity contribution in [1.29, 1.82) is 0 Å². The Balaban J connectivity index is 3.05. The molecule has 1 aromatic rings. The van der Waals surface area contributed by atoms with Crippen LogP contribution in [0.3, 0.4) is 0 Å². The molecule has 0 bridgehead atoms. The Labute approximate surface area is 47.6 Å². The summed E-state index contributed by atoms with van der Waals surface area (Å²) in [5.74, 6) is 0. The van der Waals surface area contributed by atoms with Crippen molar-refractivity contribution in [3.8, 4) is 0 Å². The maximum atomic E-state index is 4.36. The molecule has 0 aliphatic rings. The van der Waals surface area contributed by atoms with Gasteiger partial charge in [0.25, 0.3) is 0 Å². The van der Waals surface area contributed by atoms with Crippen molar-refractivity contribution < 1.29 is 4.52 Å². The Morgan fingerprint density at radius 3 is 2.83 bits per heavy atom. The van der Waals surface area contributed by atoms with E-state index >= 15 is 0 Å². The molecule has 1 heterocycles. The quantitative estimate of drug-likeness (QED) is 0.493. The van der Waals surface area contributed by atoms with Crippen LogP contribution in [0.1, 0.15) is 0 Å². The summed E-state index contributed by atoms with van der Waals surface area (Å²) in [5.41, 5.74) is 0. The molecule has 1 radical (unpaired) electrons. The van der Waals surface area contributed by atoms with Gasteiger partial charge in [0.05, 0.1) is 0 Å². The third-order valence-electron chi connectivity index (χ3n) is 0.340. The number of aromatic nitrogens is 2. The van der Waals surface area contributed by atoms with Crippen molar-refractivity contribution in [3.63, 3.8) is 0 Å². The van der Waals surface area contributed by atoms with Crippen molar-refractivity contribution >= 4 is 26.0 Å². The summed E-state index contributed by atoms with van der Waals surface area (Å²) in [6.45, 7) is 0. The number of nitrogens with zero attached hydrogens (tertiary/aromatic N) is 2. The van der Waals surface area contributed by atoms with E-state index in [2.05, 4.69) is 14.9 Å². The van der Waals surface area contributed by atoms with E-state index in [-0.39, 0.29) is 0 Å². The van der Waals surface area contributed by atoms with Crippen LogP contribution in [0.4, 0.5) is 0 Å². The fourth-order valence-electron chi connectivity index (χ4n) is 0.156. The number of hydrogen-bond donors (Lipinski definition) is 0. The van der Waals surface area contributed by atoms with Gasteiger partial charge in [-0.25, -0.2) is 0 Å². The Hall–Kier alpha value is -0.0704. The zero-order valence-corrected chi connectivity index (χ0v) is 5.12. The van der Waals surface area contributed by atoms with E-state index in [0.717, 1.165) is 3.74 Å². The molecule has 1 aromatic heterocycles. The van der Waals surface area contributed by atoms with Crippen molar-refractivity contribution in [2.45, 2.75) is 0 Å². The van der Waals surface area contributed by atoms with Gasteiger partial charge in [0, 0.05) is 0 Å². The molecule has 0 unspecified atom stereocenters. The molecule has 0 spiro atoms. The second-order valence-corrected chi connectivity index (χ2v) is 1.94. The molecule has 0 N–H and O–H groups in total. The summed E-state index contributed by atoms with van der Waals surface area (Å²) in [4.78, 5) is 0. The summed E-state index contributed by atoms with van der Waals surface area (Å²) in [5, 5.41) is 6.70. The van der Waals surface area contributed by atoms with Gasteiger partial charge >= 0.3 is 47.2 Å². The van der Waals surface area contributed by atoms with E-state index in [1.54, 1.807) is 22.3 Å². The molecule has 3 nitrogen and oxygen atoms in total. The molecule has 0 saturated carbocycles.